The van der Waals surface area contributed by atoms with Gasteiger partial charge < -0.3 is 4.74 Å². The topological polar surface area (TPSA) is 35.0 Å². The maximum absolute atomic E-state index is 14.1. The van der Waals surface area contributed by atoms with Crippen LogP contribution in [0.3, 0.4) is 0 Å². The molecule has 2 atom stereocenters. The summed E-state index contributed by atoms with van der Waals surface area (Å²) in [6.45, 7) is 6.89. The molecule has 0 amide bonds. The van der Waals surface area contributed by atoms with E-state index in [0.29, 0.717) is 36.9 Å². The lowest BCUT2D eigenvalue weighted by atomic mass is 9.98. The molecule has 1 heterocycles. The Hall–Kier alpha value is -1.97. The van der Waals surface area contributed by atoms with E-state index in [9.17, 15) is 4.39 Å². The summed E-state index contributed by atoms with van der Waals surface area (Å²) in [5, 5.41) is 0. The van der Waals surface area contributed by atoms with Crippen LogP contribution < -0.4 is 4.74 Å². The fourth-order valence-corrected chi connectivity index (χ4v) is 4.47. The molecule has 190 valence electrons. The molecule has 34 heavy (non-hydrogen) atoms. The minimum Gasteiger partial charge on any atom is -0.490 e. The van der Waals surface area contributed by atoms with Gasteiger partial charge in [-0.15, -0.1) is 0 Å². The number of ether oxygens (including phenoxy) is 1. The molecule has 3 nitrogen and oxygen atoms in total. The highest BCUT2D eigenvalue weighted by atomic mass is 19.1. The predicted octanol–water partition coefficient (Wildman–Crippen LogP) is 9.15. The Bertz CT molecular complexity index is 747. The van der Waals surface area contributed by atoms with Crippen molar-refractivity contribution in [3.8, 4) is 17.1 Å². The number of hydrogen-bond acceptors (Lipinski definition) is 3. The van der Waals surface area contributed by atoms with Gasteiger partial charge in [-0.1, -0.05) is 109 Å². The number of nitrogens with zero attached hydrogens (tertiary/aromatic N) is 2. The first-order valence-corrected chi connectivity index (χ1v) is 13.8. The first-order chi connectivity index (χ1) is 16.6. The van der Waals surface area contributed by atoms with Crippen LogP contribution in [0.25, 0.3) is 11.4 Å². The fraction of sp³-hybridized carbons (Fsp3) is 0.667. The van der Waals surface area contributed by atoms with Crippen molar-refractivity contribution in [3.63, 3.8) is 0 Å². The molecular formula is C30H47FN2O. The van der Waals surface area contributed by atoms with E-state index in [1.165, 1.54) is 63.4 Å². The number of unbranched alkanes of at least 4 members (excludes halogenated alkanes) is 8. The summed E-state index contributed by atoms with van der Waals surface area (Å²) >= 11 is 0. The third kappa shape index (κ3) is 11.9. The molecule has 2 aromatic rings. The number of benzene rings is 1. The van der Waals surface area contributed by atoms with Gasteiger partial charge in [-0.3, -0.25) is 0 Å². The molecule has 1 aromatic carbocycles. The minimum absolute atomic E-state index is 0.357. The molecule has 0 radical (unpaired) electrons. The van der Waals surface area contributed by atoms with Gasteiger partial charge in [0.25, 0.3) is 0 Å². The zero-order valence-electron chi connectivity index (χ0n) is 21.9. The SMILES string of the molecule is CCCCCCCCCCCc1ccc(-c2ncc(OCCC(F)CC(C)CCC)cn2)cc1. The molecule has 0 N–H and O–H groups in total. The Balaban J connectivity index is 1.64. The van der Waals surface area contributed by atoms with Gasteiger partial charge in [0.2, 0.25) is 0 Å². The van der Waals surface area contributed by atoms with E-state index in [0.717, 1.165) is 24.8 Å². The number of aromatic nitrogens is 2. The highest BCUT2D eigenvalue weighted by Gasteiger charge is 2.12. The summed E-state index contributed by atoms with van der Waals surface area (Å²) in [5.74, 6) is 1.72. The quantitative estimate of drug-likeness (QED) is 0.192. The molecule has 0 bridgehead atoms. The van der Waals surface area contributed by atoms with Crippen molar-refractivity contribution in [2.75, 3.05) is 6.61 Å². The Morgan fingerprint density at radius 1 is 0.794 bits per heavy atom. The van der Waals surface area contributed by atoms with Crippen LogP contribution in [-0.2, 0) is 6.42 Å². The zero-order valence-corrected chi connectivity index (χ0v) is 21.9. The molecule has 0 saturated heterocycles. The first-order valence-electron chi connectivity index (χ1n) is 13.8. The second kappa shape index (κ2) is 17.5. The lowest BCUT2D eigenvalue weighted by molar-refractivity contribution is 0.205. The van der Waals surface area contributed by atoms with Gasteiger partial charge in [-0.25, -0.2) is 14.4 Å². The average Bonchev–Trinajstić information content (AvgIpc) is 2.84. The van der Waals surface area contributed by atoms with E-state index in [-0.39, 0.29) is 0 Å². The predicted molar refractivity (Wildman–Crippen MR) is 142 cm³/mol. The van der Waals surface area contributed by atoms with E-state index < -0.39 is 6.17 Å². The largest absolute Gasteiger partial charge is 0.490 e. The van der Waals surface area contributed by atoms with Gasteiger partial charge in [0, 0.05) is 12.0 Å². The second-order valence-corrected chi connectivity index (χ2v) is 9.88. The van der Waals surface area contributed by atoms with E-state index >= 15 is 0 Å². The Kier molecular flexibility index (Phi) is 14.5. The van der Waals surface area contributed by atoms with Gasteiger partial charge in [0.05, 0.1) is 19.0 Å². The van der Waals surface area contributed by atoms with Crippen LogP contribution >= 0.6 is 0 Å². The monoisotopic (exact) mass is 470 g/mol. The van der Waals surface area contributed by atoms with Gasteiger partial charge in [-0.05, 0) is 30.7 Å². The summed E-state index contributed by atoms with van der Waals surface area (Å²) in [6.07, 6.45) is 19.1. The third-order valence-electron chi connectivity index (χ3n) is 6.55. The normalized spacial score (nSPS) is 13.1. The van der Waals surface area contributed by atoms with E-state index in [2.05, 4.69) is 55.0 Å². The van der Waals surface area contributed by atoms with Gasteiger partial charge >= 0.3 is 0 Å². The third-order valence-corrected chi connectivity index (χ3v) is 6.55. The Morgan fingerprint density at radius 2 is 1.41 bits per heavy atom. The van der Waals surface area contributed by atoms with Crippen LogP contribution in [0.5, 0.6) is 5.75 Å². The van der Waals surface area contributed by atoms with Gasteiger partial charge in [0.1, 0.15) is 6.17 Å². The zero-order chi connectivity index (χ0) is 24.4. The summed E-state index contributed by atoms with van der Waals surface area (Å²) in [4.78, 5) is 8.88. The lowest BCUT2D eigenvalue weighted by Crippen LogP contribution is -2.11. The Morgan fingerprint density at radius 3 is 2.03 bits per heavy atom. The molecule has 0 spiro atoms. The van der Waals surface area contributed by atoms with Crippen molar-refractivity contribution in [2.24, 2.45) is 5.92 Å². The van der Waals surface area contributed by atoms with E-state index in [4.69, 9.17) is 4.74 Å². The number of alkyl halides is 1. The molecule has 0 aliphatic heterocycles. The standard InChI is InChI=1S/C30H47FN2O/c1-4-6-7-8-9-10-11-12-13-15-26-16-18-27(19-17-26)30-32-23-29(24-33-30)34-21-20-28(31)22-25(3)14-5-2/h16-19,23-25,28H,4-15,20-22H2,1-3H3. The fourth-order valence-electron chi connectivity index (χ4n) is 4.47. The summed E-state index contributed by atoms with van der Waals surface area (Å²) < 4.78 is 19.7. The van der Waals surface area contributed by atoms with Crippen molar-refractivity contribution in [1.29, 1.82) is 0 Å². The van der Waals surface area contributed by atoms with Crippen molar-refractivity contribution in [1.82, 2.24) is 9.97 Å². The van der Waals surface area contributed by atoms with Crippen molar-refractivity contribution in [2.45, 2.75) is 117 Å². The Labute approximate surface area is 208 Å². The number of halogens is 1. The average molecular weight is 471 g/mol. The minimum atomic E-state index is -0.809. The molecule has 2 rings (SSSR count). The van der Waals surface area contributed by atoms with Crippen LogP contribution in [0.2, 0.25) is 0 Å². The van der Waals surface area contributed by atoms with Crippen molar-refractivity contribution in [3.05, 3.63) is 42.2 Å². The van der Waals surface area contributed by atoms with E-state index in [1.807, 2.05) is 0 Å². The summed E-state index contributed by atoms with van der Waals surface area (Å²) in [6, 6.07) is 8.58. The molecule has 4 heteroatoms. The smallest absolute Gasteiger partial charge is 0.159 e. The van der Waals surface area contributed by atoms with Crippen molar-refractivity contribution >= 4 is 0 Å². The highest BCUT2D eigenvalue weighted by Crippen LogP contribution is 2.20. The second-order valence-electron chi connectivity index (χ2n) is 9.88. The number of rotatable bonds is 19. The van der Waals surface area contributed by atoms with Crippen molar-refractivity contribution < 1.29 is 9.13 Å². The summed E-state index contributed by atoms with van der Waals surface area (Å²) in [5.41, 5.74) is 2.39. The molecule has 1 aromatic heterocycles. The van der Waals surface area contributed by atoms with Gasteiger partial charge in [0.15, 0.2) is 11.6 Å². The van der Waals surface area contributed by atoms with Crippen LogP contribution in [0.15, 0.2) is 36.7 Å². The van der Waals surface area contributed by atoms with E-state index in [1.54, 1.807) is 12.4 Å². The molecule has 0 aliphatic rings. The summed E-state index contributed by atoms with van der Waals surface area (Å²) in [7, 11) is 0. The lowest BCUT2D eigenvalue weighted by Gasteiger charge is -2.14. The maximum atomic E-state index is 14.1. The highest BCUT2D eigenvalue weighted by molar-refractivity contribution is 5.55. The van der Waals surface area contributed by atoms with Gasteiger partial charge in [-0.2, -0.15) is 0 Å². The first kappa shape index (κ1) is 28.3. The van der Waals surface area contributed by atoms with Crippen LogP contribution in [0, 0.1) is 5.92 Å². The molecule has 2 unspecified atom stereocenters. The molecular weight excluding hydrogens is 423 g/mol. The molecule has 0 saturated carbocycles. The molecule has 0 aliphatic carbocycles. The van der Waals surface area contributed by atoms with Crippen LogP contribution in [0.1, 0.15) is 110 Å². The maximum Gasteiger partial charge on any atom is 0.159 e. The molecule has 0 fully saturated rings. The number of aryl methyl sites for hydroxylation is 1. The van der Waals surface area contributed by atoms with Crippen LogP contribution in [0.4, 0.5) is 4.39 Å². The number of hydrogen-bond donors (Lipinski definition) is 0. The van der Waals surface area contributed by atoms with Crippen LogP contribution in [-0.4, -0.2) is 22.7 Å².